The van der Waals surface area contributed by atoms with Gasteiger partial charge in [0.05, 0.1) is 0 Å². The van der Waals surface area contributed by atoms with Crippen molar-refractivity contribution in [3.8, 4) is 0 Å². The van der Waals surface area contributed by atoms with Crippen molar-refractivity contribution in [2.45, 2.75) is 58.9 Å². The van der Waals surface area contributed by atoms with Crippen LogP contribution < -0.4 is 5.32 Å². The van der Waals surface area contributed by atoms with Gasteiger partial charge in [-0.05, 0) is 60.8 Å². The Kier molecular flexibility index (Phi) is 6.52. The maximum atomic E-state index is 14.4. The summed E-state index contributed by atoms with van der Waals surface area (Å²) in [6.45, 7) is 9.45. The molecule has 1 aliphatic heterocycles. The molecule has 1 saturated heterocycles. The Labute approximate surface area is 139 Å². The molecular weight excluding hydrogens is 287 g/mol. The lowest BCUT2D eigenvalue weighted by Gasteiger charge is -2.18. The lowest BCUT2D eigenvalue weighted by Crippen LogP contribution is -2.03. The number of hydrogen-bond acceptors (Lipinski definition) is 2. The molecule has 1 aromatic rings. The normalized spacial score (nSPS) is 20.7. The van der Waals surface area contributed by atoms with E-state index in [1.54, 1.807) is 6.07 Å². The quantitative estimate of drug-likeness (QED) is 0.507. The minimum Gasteiger partial charge on any atom is -0.307 e. The lowest BCUT2D eigenvalue weighted by atomic mass is 9.88. The van der Waals surface area contributed by atoms with E-state index >= 15 is 0 Å². The van der Waals surface area contributed by atoms with Crippen molar-refractivity contribution in [3.05, 3.63) is 46.9 Å². The molecule has 0 aliphatic carbocycles. The Morgan fingerprint density at radius 3 is 2.74 bits per heavy atom. The standard InChI is InChI=1S/C20H29FN2/c1-5-14(3)17(12-22-6-2)8-7-15(4)18-10-9-16(11-19(18)21)20-13-23-20/h6,9-12,14-15,20,23H,5,7-8,13H2,1-4H3/b17-12-,22-6-. The highest BCUT2D eigenvalue weighted by Gasteiger charge is 2.23. The van der Waals surface area contributed by atoms with Gasteiger partial charge in [-0.25, -0.2) is 4.39 Å². The van der Waals surface area contributed by atoms with Gasteiger partial charge in [0.25, 0.3) is 0 Å². The van der Waals surface area contributed by atoms with E-state index in [1.807, 2.05) is 25.4 Å². The molecule has 23 heavy (non-hydrogen) atoms. The molecule has 2 nitrogen and oxygen atoms in total. The minimum atomic E-state index is -0.0654. The van der Waals surface area contributed by atoms with Crippen LogP contribution in [0.1, 0.15) is 70.0 Å². The fourth-order valence-electron chi connectivity index (χ4n) is 2.86. The molecular formula is C20H29FN2. The first-order chi connectivity index (χ1) is 11.1. The van der Waals surface area contributed by atoms with Crippen LogP contribution in [-0.2, 0) is 0 Å². The maximum Gasteiger partial charge on any atom is 0.127 e. The van der Waals surface area contributed by atoms with Gasteiger partial charge in [-0.2, -0.15) is 0 Å². The Bertz CT molecular complexity index is 573. The number of halogens is 1. The predicted molar refractivity (Wildman–Crippen MR) is 96.5 cm³/mol. The van der Waals surface area contributed by atoms with Crippen LogP contribution in [-0.4, -0.2) is 12.8 Å². The SMILES string of the molecule is C/C=N\C=C(\CCC(C)c1ccc(C2CN2)cc1F)C(C)CC. The number of hydrogen-bond donors (Lipinski definition) is 1. The molecule has 0 aromatic heterocycles. The molecule has 3 unspecified atom stereocenters. The fraction of sp³-hybridized carbons (Fsp3) is 0.550. The van der Waals surface area contributed by atoms with E-state index in [4.69, 9.17) is 0 Å². The number of allylic oxidation sites excluding steroid dienone is 1. The highest BCUT2D eigenvalue weighted by molar-refractivity contribution is 5.54. The van der Waals surface area contributed by atoms with Crippen molar-refractivity contribution in [3.63, 3.8) is 0 Å². The Morgan fingerprint density at radius 2 is 2.17 bits per heavy atom. The molecule has 1 aliphatic rings. The van der Waals surface area contributed by atoms with E-state index in [0.717, 1.165) is 36.9 Å². The Morgan fingerprint density at radius 1 is 1.43 bits per heavy atom. The number of nitrogens with one attached hydrogen (secondary N) is 1. The van der Waals surface area contributed by atoms with E-state index in [-0.39, 0.29) is 11.7 Å². The average molecular weight is 316 g/mol. The number of nitrogens with zero attached hydrogens (tertiary/aromatic N) is 1. The first-order valence-corrected chi connectivity index (χ1v) is 8.76. The Hall–Kier alpha value is -1.48. The van der Waals surface area contributed by atoms with Gasteiger partial charge in [-0.15, -0.1) is 0 Å². The maximum absolute atomic E-state index is 14.4. The second kappa shape index (κ2) is 8.39. The van der Waals surface area contributed by atoms with Gasteiger partial charge < -0.3 is 5.32 Å². The summed E-state index contributed by atoms with van der Waals surface area (Å²) in [6, 6.07) is 6.09. The van der Waals surface area contributed by atoms with Crippen molar-refractivity contribution in [2.75, 3.05) is 6.54 Å². The molecule has 1 N–H and O–H groups in total. The monoisotopic (exact) mass is 316 g/mol. The molecule has 3 atom stereocenters. The number of benzene rings is 1. The van der Waals surface area contributed by atoms with Crippen LogP contribution in [0.4, 0.5) is 4.39 Å². The molecule has 126 valence electrons. The predicted octanol–water partition coefficient (Wildman–Crippen LogP) is 5.37. The van der Waals surface area contributed by atoms with Crippen LogP contribution in [0, 0.1) is 11.7 Å². The molecule has 3 heteroatoms. The summed E-state index contributed by atoms with van der Waals surface area (Å²) < 4.78 is 14.4. The topological polar surface area (TPSA) is 34.3 Å². The van der Waals surface area contributed by atoms with Crippen molar-refractivity contribution < 1.29 is 4.39 Å². The van der Waals surface area contributed by atoms with Crippen LogP contribution in [0.5, 0.6) is 0 Å². The molecule has 0 bridgehead atoms. The zero-order valence-corrected chi connectivity index (χ0v) is 14.8. The van der Waals surface area contributed by atoms with Crippen LogP contribution in [0.2, 0.25) is 0 Å². The number of aliphatic imine (C=N–C) groups is 1. The van der Waals surface area contributed by atoms with Gasteiger partial charge in [0, 0.05) is 25.0 Å². The molecule has 1 fully saturated rings. The van der Waals surface area contributed by atoms with Crippen molar-refractivity contribution in [1.82, 2.24) is 5.32 Å². The second-order valence-corrected chi connectivity index (χ2v) is 6.60. The van der Waals surface area contributed by atoms with Crippen LogP contribution in [0.15, 0.2) is 35.0 Å². The van der Waals surface area contributed by atoms with E-state index in [9.17, 15) is 4.39 Å². The van der Waals surface area contributed by atoms with Gasteiger partial charge >= 0.3 is 0 Å². The zero-order chi connectivity index (χ0) is 16.8. The van der Waals surface area contributed by atoms with Gasteiger partial charge in [-0.3, -0.25) is 4.99 Å². The molecule has 0 saturated carbocycles. The third-order valence-corrected chi connectivity index (χ3v) is 4.87. The lowest BCUT2D eigenvalue weighted by molar-refractivity contribution is 0.551. The third-order valence-electron chi connectivity index (χ3n) is 4.87. The third kappa shape index (κ3) is 5.00. The van der Waals surface area contributed by atoms with E-state index in [2.05, 4.69) is 37.1 Å². The first kappa shape index (κ1) is 17.9. The second-order valence-electron chi connectivity index (χ2n) is 6.60. The van der Waals surface area contributed by atoms with Crippen LogP contribution >= 0.6 is 0 Å². The number of rotatable bonds is 8. The summed E-state index contributed by atoms with van der Waals surface area (Å²) in [5.74, 6) is 0.678. The smallest absolute Gasteiger partial charge is 0.127 e. The summed E-state index contributed by atoms with van der Waals surface area (Å²) in [5, 5.41) is 3.22. The summed E-state index contributed by atoms with van der Waals surface area (Å²) in [6.07, 6.45) is 6.83. The highest BCUT2D eigenvalue weighted by atomic mass is 19.1. The zero-order valence-electron chi connectivity index (χ0n) is 14.8. The molecule has 1 aromatic carbocycles. The van der Waals surface area contributed by atoms with E-state index < -0.39 is 0 Å². The summed E-state index contributed by atoms with van der Waals surface area (Å²) in [7, 11) is 0. The van der Waals surface area contributed by atoms with Crippen molar-refractivity contribution in [2.24, 2.45) is 10.9 Å². The van der Waals surface area contributed by atoms with Gasteiger partial charge in [0.2, 0.25) is 0 Å². The van der Waals surface area contributed by atoms with E-state index in [0.29, 0.717) is 12.0 Å². The fourth-order valence-corrected chi connectivity index (χ4v) is 2.86. The molecule has 0 amide bonds. The van der Waals surface area contributed by atoms with Gasteiger partial charge in [0.15, 0.2) is 0 Å². The van der Waals surface area contributed by atoms with Crippen LogP contribution in [0.25, 0.3) is 0 Å². The summed E-state index contributed by atoms with van der Waals surface area (Å²) in [4.78, 5) is 4.28. The summed E-state index contributed by atoms with van der Waals surface area (Å²) >= 11 is 0. The van der Waals surface area contributed by atoms with Crippen LogP contribution in [0.3, 0.4) is 0 Å². The summed E-state index contributed by atoms with van der Waals surface area (Å²) in [5.41, 5.74) is 3.25. The molecule has 0 radical (unpaired) electrons. The average Bonchev–Trinajstić information content (AvgIpc) is 3.38. The molecule has 2 rings (SSSR count). The van der Waals surface area contributed by atoms with Crippen molar-refractivity contribution >= 4 is 6.21 Å². The molecule has 1 heterocycles. The van der Waals surface area contributed by atoms with E-state index in [1.165, 1.54) is 5.57 Å². The minimum absolute atomic E-state index is 0.0654. The Balaban J connectivity index is 2.01. The molecule has 0 spiro atoms. The van der Waals surface area contributed by atoms with Crippen molar-refractivity contribution in [1.29, 1.82) is 0 Å². The van der Waals surface area contributed by atoms with Gasteiger partial charge in [0.1, 0.15) is 5.82 Å². The first-order valence-electron chi connectivity index (χ1n) is 8.76. The largest absolute Gasteiger partial charge is 0.307 e. The highest BCUT2D eigenvalue weighted by Crippen LogP contribution is 2.30. The van der Waals surface area contributed by atoms with Gasteiger partial charge in [-0.1, -0.05) is 32.9 Å².